The van der Waals surface area contributed by atoms with Gasteiger partial charge in [-0.15, -0.1) is 0 Å². The number of rotatable bonds is 5. The summed E-state index contributed by atoms with van der Waals surface area (Å²) in [5, 5.41) is 9.28. The van der Waals surface area contributed by atoms with E-state index in [1.54, 1.807) is 19.4 Å². The van der Waals surface area contributed by atoms with Crippen LogP contribution in [-0.4, -0.2) is 23.2 Å². The fourth-order valence-electron chi connectivity index (χ4n) is 3.48. The number of carboxylic acid groups (broad SMARTS) is 1. The van der Waals surface area contributed by atoms with Crippen molar-refractivity contribution in [3.05, 3.63) is 58.9 Å². The maximum atomic E-state index is 11.3. The first-order chi connectivity index (χ1) is 11.2. The van der Waals surface area contributed by atoms with Gasteiger partial charge in [-0.1, -0.05) is 6.07 Å². The molecule has 0 saturated heterocycles. The Kier molecular flexibility index (Phi) is 4.60. The molecule has 1 aliphatic carbocycles. The van der Waals surface area contributed by atoms with E-state index in [1.165, 1.54) is 23.7 Å². The highest BCUT2D eigenvalue weighted by molar-refractivity contribution is 5.89. The fourth-order valence-corrected chi connectivity index (χ4v) is 3.48. The van der Waals surface area contributed by atoms with Crippen molar-refractivity contribution in [2.24, 2.45) is 0 Å². The molecule has 0 fully saturated rings. The number of pyridine rings is 1. The first-order valence-electron chi connectivity index (χ1n) is 8.02. The number of benzene rings is 1. The van der Waals surface area contributed by atoms with Gasteiger partial charge in [0.15, 0.2) is 0 Å². The number of hydrogen-bond donors (Lipinski definition) is 1. The number of ether oxygens (including phenoxy) is 1. The van der Waals surface area contributed by atoms with E-state index in [9.17, 15) is 9.90 Å². The lowest BCUT2D eigenvalue weighted by Gasteiger charge is -2.26. The Hall–Kier alpha value is -2.36. The number of fused-ring (bicyclic) bond motifs is 1. The Morgan fingerprint density at radius 3 is 3.04 bits per heavy atom. The van der Waals surface area contributed by atoms with Gasteiger partial charge < -0.3 is 9.84 Å². The molecule has 23 heavy (non-hydrogen) atoms. The van der Waals surface area contributed by atoms with Crippen molar-refractivity contribution in [3.63, 3.8) is 0 Å². The van der Waals surface area contributed by atoms with Crippen molar-refractivity contribution in [1.29, 1.82) is 0 Å². The zero-order valence-corrected chi connectivity index (χ0v) is 13.3. The Bertz CT molecular complexity index is 712. The summed E-state index contributed by atoms with van der Waals surface area (Å²) >= 11 is 0. The predicted molar refractivity (Wildman–Crippen MR) is 88.2 cm³/mol. The summed E-state index contributed by atoms with van der Waals surface area (Å²) < 4.78 is 5.31. The van der Waals surface area contributed by atoms with Gasteiger partial charge >= 0.3 is 5.97 Å². The average molecular weight is 311 g/mol. The van der Waals surface area contributed by atoms with Crippen LogP contribution in [0.15, 0.2) is 36.7 Å². The summed E-state index contributed by atoms with van der Waals surface area (Å²) in [5.41, 5.74) is 3.94. The van der Waals surface area contributed by atoms with Crippen LogP contribution in [0.1, 0.15) is 52.2 Å². The van der Waals surface area contributed by atoms with Crippen molar-refractivity contribution in [3.8, 4) is 5.75 Å². The fraction of sp³-hybridized carbons (Fsp3) is 0.368. The largest absolute Gasteiger partial charge is 0.497 e. The summed E-state index contributed by atoms with van der Waals surface area (Å²) in [5.74, 6) is 0.507. The number of hydrogen-bond acceptors (Lipinski definition) is 3. The van der Waals surface area contributed by atoms with E-state index in [-0.39, 0.29) is 0 Å². The van der Waals surface area contributed by atoms with Gasteiger partial charge in [-0.25, -0.2) is 4.79 Å². The number of nitrogens with zero attached hydrogens (tertiary/aromatic N) is 1. The summed E-state index contributed by atoms with van der Waals surface area (Å²) in [7, 11) is 1.69. The molecule has 1 aliphatic rings. The molecule has 0 spiro atoms. The van der Waals surface area contributed by atoms with Crippen molar-refractivity contribution in [2.75, 3.05) is 7.11 Å². The van der Waals surface area contributed by atoms with Crippen LogP contribution in [0.25, 0.3) is 0 Å². The van der Waals surface area contributed by atoms with Gasteiger partial charge in [0.2, 0.25) is 0 Å². The maximum Gasteiger partial charge on any atom is 0.336 e. The van der Waals surface area contributed by atoms with Crippen LogP contribution in [0, 0.1) is 0 Å². The smallest absolute Gasteiger partial charge is 0.336 e. The van der Waals surface area contributed by atoms with Gasteiger partial charge in [0, 0.05) is 12.4 Å². The van der Waals surface area contributed by atoms with Crippen molar-refractivity contribution >= 4 is 5.97 Å². The van der Waals surface area contributed by atoms with Crippen molar-refractivity contribution < 1.29 is 14.6 Å². The van der Waals surface area contributed by atoms with E-state index in [2.05, 4.69) is 17.1 Å². The number of aromatic carboxylic acids is 1. The van der Waals surface area contributed by atoms with Crippen LogP contribution >= 0.6 is 0 Å². The van der Waals surface area contributed by atoms with Crippen LogP contribution in [0.2, 0.25) is 0 Å². The normalized spacial score (nSPS) is 16.7. The Morgan fingerprint density at radius 1 is 1.39 bits per heavy atom. The van der Waals surface area contributed by atoms with Gasteiger partial charge in [0.25, 0.3) is 0 Å². The molecule has 0 bridgehead atoms. The van der Waals surface area contributed by atoms with Crippen molar-refractivity contribution in [1.82, 2.24) is 4.98 Å². The number of carboxylic acids is 1. The van der Waals surface area contributed by atoms with Gasteiger partial charge in [-0.3, -0.25) is 4.98 Å². The molecule has 120 valence electrons. The predicted octanol–water partition coefficient (Wildman–Crippen LogP) is 3.84. The van der Waals surface area contributed by atoms with Crippen LogP contribution < -0.4 is 4.74 Å². The summed E-state index contributed by atoms with van der Waals surface area (Å²) in [4.78, 5) is 15.4. The summed E-state index contributed by atoms with van der Waals surface area (Å²) in [6.07, 6.45) is 8.33. The van der Waals surface area contributed by atoms with E-state index in [1.807, 2.05) is 6.07 Å². The topological polar surface area (TPSA) is 59.4 Å². The van der Waals surface area contributed by atoms with Gasteiger partial charge in [-0.05, 0) is 72.9 Å². The van der Waals surface area contributed by atoms with Crippen LogP contribution in [0.3, 0.4) is 0 Å². The number of aryl methyl sites for hydroxylation is 2. The molecular weight excluding hydrogens is 290 g/mol. The molecule has 4 heteroatoms. The highest BCUT2D eigenvalue weighted by Crippen LogP contribution is 2.36. The first kappa shape index (κ1) is 15.5. The van der Waals surface area contributed by atoms with Crippen LogP contribution in [0.4, 0.5) is 0 Å². The molecule has 1 aromatic carbocycles. The molecule has 1 N–H and O–H groups in total. The standard InChI is InChI=1S/C19H21NO3/c1-23-16-7-8-17-13(3-2-4-14(17)11-16)5-6-15-12-20-10-9-18(15)19(21)22/h7-13H,2-6H2,1H3,(H,21,22). The second-order valence-electron chi connectivity index (χ2n) is 6.03. The molecule has 1 aromatic heterocycles. The number of carbonyl (C=O) groups is 1. The Balaban J connectivity index is 1.77. The quantitative estimate of drug-likeness (QED) is 0.911. The monoisotopic (exact) mass is 311 g/mol. The minimum absolute atomic E-state index is 0.366. The Morgan fingerprint density at radius 2 is 2.26 bits per heavy atom. The molecule has 2 aromatic rings. The summed E-state index contributed by atoms with van der Waals surface area (Å²) in [6, 6.07) is 7.90. The average Bonchev–Trinajstić information content (AvgIpc) is 2.59. The second kappa shape index (κ2) is 6.82. The van der Waals surface area contributed by atoms with Crippen molar-refractivity contribution in [2.45, 2.75) is 38.0 Å². The second-order valence-corrected chi connectivity index (χ2v) is 6.03. The molecule has 1 atom stereocenters. The van der Waals surface area contributed by atoms with E-state index in [0.717, 1.165) is 37.0 Å². The molecule has 0 aliphatic heterocycles. The number of methoxy groups -OCH3 is 1. The molecule has 0 saturated carbocycles. The van der Waals surface area contributed by atoms with Gasteiger partial charge in [0.1, 0.15) is 5.75 Å². The third-order valence-corrected chi connectivity index (χ3v) is 4.68. The molecule has 0 amide bonds. The third-order valence-electron chi connectivity index (χ3n) is 4.68. The molecule has 1 unspecified atom stereocenters. The van der Waals surface area contributed by atoms with Crippen LogP contribution in [0.5, 0.6) is 5.75 Å². The minimum atomic E-state index is -0.879. The first-order valence-corrected chi connectivity index (χ1v) is 8.02. The Labute approximate surface area is 136 Å². The SMILES string of the molecule is COc1ccc2c(c1)CCCC2CCc1cnccc1C(=O)O. The molecular formula is C19H21NO3. The lowest BCUT2D eigenvalue weighted by Crippen LogP contribution is -2.12. The maximum absolute atomic E-state index is 11.3. The van der Waals surface area contributed by atoms with E-state index < -0.39 is 5.97 Å². The molecule has 0 radical (unpaired) electrons. The van der Waals surface area contributed by atoms with E-state index >= 15 is 0 Å². The van der Waals surface area contributed by atoms with Gasteiger partial charge in [-0.2, -0.15) is 0 Å². The van der Waals surface area contributed by atoms with Gasteiger partial charge in [0.05, 0.1) is 12.7 Å². The minimum Gasteiger partial charge on any atom is -0.497 e. The van der Waals surface area contributed by atoms with E-state index in [0.29, 0.717) is 11.5 Å². The lowest BCUT2D eigenvalue weighted by atomic mass is 9.79. The molecule has 1 heterocycles. The third kappa shape index (κ3) is 3.36. The zero-order chi connectivity index (χ0) is 16.2. The highest BCUT2D eigenvalue weighted by Gasteiger charge is 2.21. The van der Waals surface area contributed by atoms with Crippen LogP contribution in [-0.2, 0) is 12.8 Å². The van der Waals surface area contributed by atoms with E-state index in [4.69, 9.17) is 4.74 Å². The summed E-state index contributed by atoms with van der Waals surface area (Å²) in [6.45, 7) is 0. The number of aromatic nitrogens is 1. The zero-order valence-electron chi connectivity index (χ0n) is 13.3. The highest BCUT2D eigenvalue weighted by atomic mass is 16.5. The molecule has 4 nitrogen and oxygen atoms in total. The molecule has 3 rings (SSSR count). The lowest BCUT2D eigenvalue weighted by molar-refractivity contribution is 0.0695.